The molecule has 0 aliphatic rings. The predicted molar refractivity (Wildman–Crippen MR) is 93.2 cm³/mol. The number of amides is 2. The molecule has 0 fully saturated rings. The van der Waals surface area contributed by atoms with E-state index in [2.05, 4.69) is 10.9 Å². The number of carbonyl (C=O) groups excluding carboxylic acids is 2. The van der Waals surface area contributed by atoms with Crippen molar-refractivity contribution in [1.82, 2.24) is 10.9 Å². The van der Waals surface area contributed by atoms with Crippen molar-refractivity contribution in [2.75, 3.05) is 6.61 Å². The van der Waals surface area contributed by atoms with Crippen molar-refractivity contribution in [3.8, 4) is 5.75 Å². The molecule has 0 saturated carbocycles. The minimum Gasteiger partial charge on any atom is -0.492 e. The number of halogens is 1. The molecule has 0 spiro atoms. The lowest BCUT2D eigenvalue weighted by molar-refractivity contribution is 0.0844. The lowest BCUT2D eigenvalue weighted by Crippen LogP contribution is -2.41. The minimum absolute atomic E-state index is 0.281. The summed E-state index contributed by atoms with van der Waals surface area (Å²) in [5.41, 5.74) is 5.35. The quantitative estimate of drug-likeness (QED) is 0.815. The highest BCUT2D eigenvalue weighted by Crippen LogP contribution is 2.18. The van der Waals surface area contributed by atoms with Gasteiger partial charge in [0.1, 0.15) is 5.75 Å². The Labute approximate surface area is 145 Å². The van der Waals surface area contributed by atoms with Crippen LogP contribution in [-0.2, 0) is 0 Å². The molecular weight excluding hydrogens is 328 g/mol. The van der Waals surface area contributed by atoms with E-state index in [-0.39, 0.29) is 5.56 Å². The first-order valence-corrected chi connectivity index (χ1v) is 7.94. The van der Waals surface area contributed by atoms with E-state index >= 15 is 0 Å². The van der Waals surface area contributed by atoms with Gasteiger partial charge in [0.05, 0.1) is 22.8 Å². The summed E-state index contributed by atoms with van der Waals surface area (Å²) in [4.78, 5) is 24.4. The summed E-state index contributed by atoms with van der Waals surface area (Å²) in [6, 6.07) is 13.5. The molecule has 2 aromatic carbocycles. The maximum atomic E-state index is 12.3. The number of carbonyl (C=O) groups is 2. The largest absolute Gasteiger partial charge is 0.492 e. The molecule has 0 radical (unpaired) electrons. The monoisotopic (exact) mass is 346 g/mol. The predicted octanol–water partition coefficient (Wildman–Crippen LogP) is 3.45. The molecule has 2 N–H and O–H groups in total. The second-order valence-corrected chi connectivity index (χ2v) is 6.00. The van der Waals surface area contributed by atoms with Crippen molar-refractivity contribution in [2.24, 2.45) is 5.92 Å². The lowest BCUT2D eigenvalue weighted by atomic mass is 10.2. The highest BCUT2D eigenvalue weighted by atomic mass is 35.5. The van der Waals surface area contributed by atoms with E-state index in [4.69, 9.17) is 16.3 Å². The topological polar surface area (TPSA) is 67.4 Å². The molecule has 0 aromatic heterocycles. The van der Waals surface area contributed by atoms with Gasteiger partial charge in [0.2, 0.25) is 0 Å². The highest BCUT2D eigenvalue weighted by Gasteiger charge is 2.15. The number of hydrogen-bond acceptors (Lipinski definition) is 3. The van der Waals surface area contributed by atoms with Gasteiger partial charge in [0, 0.05) is 0 Å². The summed E-state index contributed by atoms with van der Waals surface area (Å²) >= 11 is 5.95. The molecular formula is C18H19ClN2O3. The van der Waals surface area contributed by atoms with Crippen molar-refractivity contribution in [3.63, 3.8) is 0 Å². The van der Waals surface area contributed by atoms with E-state index in [1.807, 2.05) is 13.8 Å². The van der Waals surface area contributed by atoms with Crippen LogP contribution in [0.3, 0.4) is 0 Å². The highest BCUT2D eigenvalue weighted by molar-refractivity contribution is 6.33. The summed E-state index contributed by atoms with van der Waals surface area (Å²) in [6.45, 7) is 4.54. The number of nitrogens with one attached hydrogen (secondary N) is 2. The first kappa shape index (κ1) is 17.8. The van der Waals surface area contributed by atoms with Gasteiger partial charge in [0.15, 0.2) is 0 Å². The second kappa shape index (κ2) is 8.36. The molecule has 2 aromatic rings. The smallest absolute Gasteiger partial charge is 0.273 e. The van der Waals surface area contributed by atoms with E-state index in [1.54, 1.807) is 48.5 Å². The fraction of sp³-hybridized carbons (Fsp3) is 0.222. The zero-order valence-corrected chi connectivity index (χ0v) is 14.3. The second-order valence-electron chi connectivity index (χ2n) is 5.59. The van der Waals surface area contributed by atoms with E-state index in [0.717, 1.165) is 0 Å². The Morgan fingerprint density at radius 1 is 0.958 bits per heavy atom. The Morgan fingerprint density at radius 2 is 1.50 bits per heavy atom. The molecule has 2 rings (SSSR count). The molecule has 0 bridgehead atoms. The Morgan fingerprint density at radius 3 is 2.12 bits per heavy atom. The average molecular weight is 347 g/mol. The molecule has 0 aliphatic carbocycles. The van der Waals surface area contributed by atoms with Crippen LogP contribution in [0.25, 0.3) is 0 Å². The summed E-state index contributed by atoms with van der Waals surface area (Å²) in [7, 11) is 0. The SMILES string of the molecule is CC(C)COc1ccccc1C(=O)NNC(=O)c1ccccc1Cl. The normalized spacial score (nSPS) is 10.3. The first-order chi connectivity index (χ1) is 11.5. The molecule has 126 valence electrons. The number of hydrazine groups is 1. The number of hydrogen-bond donors (Lipinski definition) is 2. The van der Waals surface area contributed by atoms with E-state index < -0.39 is 11.8 Å². The Kier molecular flexibility index (Phi) is 6.21. The summed E-state index contributed by atoms with van der Waals surface area (Å²) < 4.78 is 5.64. The molecule has 0 unspecified atom stereocenters. The Bertz CT molecular complexity index is 732. The number of para-hydroxylation sites is 1. The molecule has 0 aliphatic heterocycles. The van der Waals surface area contributed by atoms with Gasteiger partial charge in [-0.15, -0.1) is 0 Å². The molecule has 0 heterocycles. The van der Waals surface area contributed by atoms with Crippen LogP contribution in [0.2, 0.25) is 5.02 Å². The zero-order chi connectivity index (χ0) is 17.5. The standard InChI is InChI=1S/C18H19ClN2O3/c1-12(2)11-24-16-10-6-4-8-14(16)18(23)21-20-17(22)13-7-3-5-9-15(13)19/h3-10,12H,11H2,1-2H3,(H,20,22)(H,21,23). The minimum atomic E-state index is -0.491. The van der Waals surface area contributed by atoms with Gasteiger partial charge in [-0.05, 0) is 30.2 Å². The summed E-state index contributed by atoms with van der Waals surface area (Å²) in [6.07, 6.45) is 0. The third-order valence-electron chi connectivity index (χ3n) is 3.11. The van der Waals surface area contributed by atoms with E-state index in [1.165, 1.54) is 0 Å². The van der Waals surface area contributed by atoms with E-state index in [0.29, 0.717) is 28.9 Å². The van der Waals surface area contributed by atoms with Gasteiger partial charge in [-0.25, -0.2) is 0 Å². The molecule has 24 heavy (non-hydrogen) atoms. The van der Waals surface area contributed by atoms with E-state index in [9.17, 15) is 9.59 Å². The Balaban J connectivity index is 2.03. The van der Waals surface area contributed by atoms with Gasteiger partial charge in [0.25, 0.3) is 11.8 Å². The van der Waals surface area contributed by atoms with Crippen LogP contribution in [0.15, 0.2) is 48.5 Å². The summed E-state index contributed by atoms with van der Waals surface area (Å²) in [5, 5.41) is 0.310. The lowest BCUT2D eigenvalue weighted by Gasteiger charge is -2.13. The molecule has 0 atom stereocenters. The van der Waals surface area contributed by atoms with Crippen molar-refractivity contribution in [1.29, 1.82) is 0 Å². The average Bonchev–Trinajstić information content (AvgIpc) is 2.58. The van der Waals surface area contributed by atoms with Gasteiger partial charge < -0.3 is 4.74 Å². The van der Waals surface area contributed by atoms with Gasteiger partial charge in [-0.1, -0.05) is 49.7 Å². The van der Waals surface area contributed by atoms with Crippen LogP contribution >= 0.6 is 11.6 Å². The summed E-state index contributed by atoms with van der Waals surface area (Å²) in [5.74, 6) is -0.152. The van der Waals surface area contributed by atoms with Crippen LogP contribution in [0.5, 0.6) is 5.75 Å². The molecule has 5 nitrogen and oxygen atoms in total. The Hall–Kier alpha value is -2.53. The van der Waals surface area contributed by atoms with Crippen molar-refractivity contribution >= 4 is 23.4 Å². The maximum Gasteiger partial charge on any atom is 0.273 e. The fourth-order valence-corrected chi connectivity index (χ4v) is 2.15. The van der Waals surface area contributed by atoms with Crippen LogP contribution in [-0.4, -0.2) is 18.4 Å². The van der Waals surface area contributed by atoms with Crippen molar-refractivity contribution < 1.29 is 14.3 Å². The van der Waals surface area contributed by atoms with Crippen LogP contribution in [0.1, 0.15) is 34.6 Å². The van der Waals surface area contributed by atoms with Crippen molar-refractivity contribution in [2.45, 2.75) is 13.8 Å². The van der Waals surface area contributed by atoms with Gasteiger partial charge in [-0.3, -0.25) is 20.4 Å². The van der Waals surface area contributed by atoms with Gasteiger partial charge >= 0.3 is 0 Å². The number of rotatable bonds is 5. The molecule has 0 saturated heterocycles. The molecule has 6 heteroatoms. The third-order valence-corrected chi connectivity index (χ3v) is 3.44. The third kappa shape index (κ3) is 4.73. The van der Waals surface area contributed by atoms with Crippen molar-refractivity contribution in [3.05, 3.63) is 64.7 Å². The molecule has 2 amide bonds. The zero-order valence-electron chi connectivity index (χ0n) is 13.5. The van der Waals surface area contributed by atoms with Crippen LogP contribution in [0.4, 0.5) is 0 Å². The number of benzene rings is 2. The van der Waals surface area contributed by atoms with Gasteiger partial charge in [-0.2, -0.15) is 0 Å². The first-order valence-electron chi connectivity index (χ1n) is 7.56. The van der Waals surface area contributed by atoms with Crippen LogP contribution in [0, 0.1) is 5.92 Å². The fourth-order valence-electron chi connectivity index (χ4n) is 1.93. The number of ether oxygens (including phenoxy) is 1. The van der Waals surface area contributed by atoms with Crippen LogP contribution < -0.4 is 15.6 Å². The maximum absolute atomic E-state index is 12.3.